The number of carbonyl (C=O) groups is 1. The van der Waals surface area contributed by atoms with Gasteiger partial charge in [0.2, 0.25) is 0 Å². The van der Waals surface area contributed by atoms with Gasteiger partial charge >= 0.3 is 5.97 Å². The van der Waals surface area contributed by atoms with Crippen molar-refractivity contribution in [2.24, 2.45) is 0 Å². The number of aryl methyl sites for hydroxylation is 1. The van der Waals surface area contributed by atoms with E-state index >= 15 is 0 Å². The number of fused-ring (bicyclic) bond motifs is 1. The van der Waals surface area contributed by atoms with Crippen molar-refractivity contribution in [1.29, 1.82) is 0 Å². The molecular formula is C14H14N2O2. The maximum Gasteiger partial charge on any atom is 0.337 e. The van der Waals surface area contributed by atoms with Gasteiger partial charge in [0.15, 0.2) is 0 Å². The first kappa shape index (κ1) is 11.0. The van der Waals surface area contributed by atoms with Crippen molar-refractivity contribution in [2.75, 3.05) is 0 Å². The lowest BCUT2D eigenvalue weighted by molar-refractivity contribution is 0.0697. The highest BCUT2D eigenvalue weighted by molar-refractivity contribution is 5.92. The summed E-state index contributed by atoms with van der Waals surface area (Å²) >= 11 is 0. The Bertz CT molecular complexity index is 602. The number of aromatic nitrogens is 2. The molecule has 1 heterocycles. The molecule has 4 heteroatoms. The molecule has 0 radical (unpaired) electrons. The minimum atomic E-state index is -0.899. The summed E-state index contributed by atoms with van der Waals surface area (Å²) in [5, 5.41) is 9.23. The van der Waals surface area contributed by atoms with Gasteiger partial charge in [-0.15, -0.1) is 0 Å². The number of hydrogen-bond donors (Lipinski definition) is 1. The lowest BCUT2D eigenvalue weighted by atomic mass is 10.0. The van der Waals surface area contributed by atoms with Crippen LogP contribution in [0.3, 0.4) is 0 Å². The van der Waals surface area contributed by atoms with E-state index in [1.54, 1.807) is 18.5 Å². The Kier molecular flexibility index (Phi) is 2.63. The number of aromatic carboxylic acids is 1. The van der Waals surface area contributed by atoms with E-state index in [-0.39, 0.29) is 0 Å². The zero-order valence-corrected chi connectivity index (χ0v) is 9.97. The van der Waals surface area contributed by atoms with Gasteiger partial charge < -0.3 is 9.67 Å². The highest BCUT2D eigenvalue weighted by Gasteiger charge is 2.19. The van der Waals surface area contributed by atoms with Crippen molar-refractivity contribution >= 4 is 5.97 Å². The zero-order valence-electron chi connectivity index (χ0n) is 9.97. The van der Waals surface area contributed by atoms with Gasteiger partial charge in [-0.2, -0.15) is 0 Å². The van der Waals surface area contributed by atoms with Crippen LogP contribution in [0.25, 0.3) is 5.69 Å². The molecule has 0 amide bonds. The largest absolute Gasteiger partial charge is 0.478 e. The summed E-state index contributed by atoms with van der Waals surface area (Å²) in [6.45, 7) is 0. The topological polar surface area (TPSA) is 55.1 Å². The minimum Gasteiger partial charge on any atom is -0.478 e. The lowest BCUT2D eigenvalue weighted by Gasteiger charge is -2.15. The number of carboxylic acid groups (broad SMARTS) is 1. The summed E-state index contributed by atoms with van der Waals surface area (Å²) in [6.07, 6.45) is 6.04. The Hall–Kier alpha value is -2.10. The highest BCUT2D eigenvalue weighted by atomic mass is 16.4. The molecule has 18 heavy (non-hydrogen) atoms. The number of rotatable bonds is 2. The number of imidazole rings is 1. The van der Waals surface area contributed by atoms with Crippen LogP contribution in [0, 0.1) is 0 Å². The molecule has 0 fully saturated rings. The minimum absolute atomic E-state index is 0.322. The van der Waals surface area contributed by atoms with Crippen LogP contribution < -0.4 is 0 Å². The van der Waals surface area contributed by atoms with E-state index < -0.39 is 5.97 Å². The molecule has 0 unspecified atom stereocenters. The van der Waals surface area contributed by atoms with Crippen LogP contribution in [0.1, 0.15) is 34.6 Å². The van der Waals surface area contributed by atoms with E-state index in [0.29, 0.717) is 11.3 Å². The van der Waals surface area contributed by atoms with E-state index in [4.69, 9.17) is 0 Å². The third kappa shape index (κ3) is 1.70. The second-order valence-corrected chi connectivity index (χ2v) is 4.54. The van der Waals surface area contributed by atoms with Crippen LogP contribution in [0.4, 0.5) is 0 Å². The predicted octanol–water partition coefficient (Wildman–Crippen LogP) is 2.45. The van der Waals surface area contributed by atoms with Gasteiger partial charge in [-0.3, -0.25) is 0 Å². The molecule has 1 aromatic heterocycles. The molecule has 3 rings (SSSR count). The van der Waals surface area contributed by atoms with Crippen LogP contribution in [-0.4, -0.2) is 20.6 Å². The number of carboxylic acids is 1. The summed E-state index contributed by atoms with van der Waals surface area (Å²) < 4.78 is 1.93. The first-order valence-electron chi connectivity index (χ1n) is 6.15. The molecule has 2 aromatic rings. The summed E-state index contributed by atoms with van der Waals surface area (Å²) in [7, 11) is 0. The van der Waals surface area contributed by atoms with Gasteiger partial charge in [0.1, 0.15) is 0 Å². The van der Waals surface area contributed by atoms with Gasteiger partial charge in [0, 0.05) is 5.69 Å². The van der Waals surface area contributed by atoms with Crippen molar-refractivity contribution in [3.8, 4) is 5.69 Å². The average Bonchev–Trinajstić information content (AvgIpc) is 2.82. The highest BCUT2D eigenvalue weighted by Crippen LogP contribution is 2.24. The molecule has 92 valence electrons. The SMILES string of the molecule is O=C(O)c1ccccc1-n1cnc2c1CCCC2. The van der Waals surface area contributed by atoms with E-state index in [1.807, 2.05) is 16.7 Å². The van der Waals surface area contributed by atoms with E-state index in [2.05, 4.69) is 4.98 Å². The smallest absolute Gasteiger partial charge is 0.337 e. The molecule has 0 spiro atoms. The molecule has 1 aliphatic carbocycles. The van der Waals surface area contributed by atoms with E-state index in [9.17, 15) is 9.90 Å². The van der Waals surface area contributed by atoms with Crippen molar-refractivity contribution in [3.63, 3.8) is 0 Å². The van der Waals surface area contributed by atoms with E-state index in [1.165, 1.54) is 6.42 Å². The summed E-state index contributed by atoms with van der Waals surface area (Å²) in [5.74, 6) is -0.899. The first-order valence-corrected chi connectivity index (χ1v) is 6.15. The maximum atomic E-state index is 11.3. The van der Waals surface area contributed by atoms with Crippen LogP contribution >= 0.6 is 0 Å². The molecule has 0 atom stereocenters. The quantitative estimate of drug-likeness (QED) is 0.880. The number of para-hydroxylation sites is 1. The maximum absolute atomic E-state index is 11.3. The zero-order chi connectivity index (χ0) is 12.5. The number of nitrogens with zero attached hydrogens (tertiary/aromatic N) is 2. The summed E-state index contributed by atoms with van der Waals surface area (Å²) in [4.78, 5) is 15.7. The second-order valence-electron chi connectivity index (χ2n) is 4.54. The normalized spacial score (nSPS) is 14.2. The molecule has 0 bridgehead atoms. The van der Waals surface area contributed by atoms with Crippen molar-refractivity contribution < 1.29 is 9.90 Å². The number of benzene rings is 1. The monoisotopic (exact) mass is 242 g/mol. The third-order valence-electron chi connectivity index (χ3n) is 3.42. The van der Waals surface area contributed by atoms with Crippen molar-refractivity contribution in [3.05, 3.63) is 47.5 Å². The van der Waals surface area contributed by atoms with Gasteiger partial charge in [0.05, 0.1) is 23.3 Å². The Morgan fingerprint density at radius 1 is 1.22 bits per heavy atom. The molecule has 1 aromatic carbocycles. The van der Waals surface area contributed by atoms with Gasteiger partial charge in [-0.05, 0) is 37.8 Å². The molecule has 4 nitrogen and oxygen atoms in total. The standard InChI is InChI=1S/C14H14N2O2/c17-14(18)10-5-1-3-7-12(10)16-9-15-11-6-2-4-8-13(11)16/h1,3,5,7,9H,2,4,6,8H2,(H,17,18). The van der Waals surface area contributed by atoms with Crippen LogP contribution in [0.2, 0.25) is 0 Å². The predicted molar refractivity (Wildman–Crippen MR) is 67.2 cm³/mol. The summed E-state index contributed by atoms with van der Waals surface area (Å²) in [5.41, 5.74) is 3.31. The van der Waals surface area contributed by atoms with Crippen molar-refractivity contribution in [1.82, 2.24) is 9.55 Å². The van der Waals surface area contributed by atoms with Crippen LogP contribution in [0.15, 0.2) is 30.6 Å². The number of hydrogen-bond acceptors (Lipinski definition) is 2. The molecule has 0 saturated carbocycles. The van der Waals surface area contributed by atoms with E-state index in [0.717, 1.165) is 30.7 Å². The van der Waals surface area contributed by atoms with Crippen LogP contribution in [0.5, 0.6) is 0 Å². The Labute approximate surface area is 105 Å². The molecule has 1 aliphatic rings. The van der Waals surface area contributed by atoms with Crippen molar-refractivity contribution in [2.45, 2.75) is 25.7 Å². The fraction of sp³-hybridized carbons (Fsp3) is 0.286. The van der Waals surface area contributed by atoms with Gasteiger partial charge in [0.25, 0.3) is 0 Å². The molecular weight excluding hydrogens is 228 g/mol. The third-order valence-corrected chi connectivity index (χ3v) is 3.42. The fourth-order valence-corrected chi connectivity index (χ4v) is 2.54. The van der Waals surface area contributed by atoms with Crippen LogP contribution in [-0.2, 0) is 12.8 Å². The lowest BCUT2D eigenvalue weighted by Crippen LogP contribution is -2.10. The fourth-order valence-electron chi connectivity index (χ4n) is 2.54. The van der Waals surface area contributed by atoms with Gasteiger partial charge in [-0.25, -0.2) is 9.78 Å². The average molecular weight is 242 g/mol. The Morgan fingerprint density at radius 2 is 2.00 bits per heavy atom. The second kappa shape index (κ2) is 4.29. The molecule has 1 N–H and O–H groups in total. The Morgan fingerprint density at radius 3 is 2.83 bits per heavy atom. The molecule has 0 aliphatic heterocycles. The first-order chi connectivity index (χ1) is 8.77. The van der Waals surface area contributed by atoms with Gasteiger partial charge in [-0.1, -0.05) is 12.1 Å². The molecule has 0 saturated heterocycles. The Balaban J connectivity index is 2.15. The summed E-state index contributed by atoms with van der Waals surface area (Å²) in [6, 6.07) is 7.07.